The molecule has 0 aliphatic carbocycles. The number of rotatable bonds is 4. The van der Waals surface area contributed by atoms with Crippen LogP contribution in [-0.4, -0.2) is 27.9 Å². The van der Waals surface area contributed by atoms with Crippen LogP contribution in [0, 0.1) is 0 Å². The fourth-order valence-electron chi connectivity index (χ4n) is 2.59. The number of fused-ring (bicyclic) bond motifs is 1. The first-order chi connectivity index (χ1) is 12.4. The number of ketones is 1. The average molecular weight is 353 g/mol. The molecule has 2 aromatic carbocycles. The van der Waals surface area contributed by atoms with Gasteiger partial charge in [-0.2, -0.15) is 0 Å². The molecule has 8 nitrogen and oxygen atoms in total. The van der Waals surface area contributed by atoms with Crippen LogP contribution >= 0.6 is 0 Å². The van der Waals surface area contributed by atoms with E-state index in [-0.39, 0.29) is 5.82 Å². The second-order valence-corrected chi connectivity index (χ2v) is 5.60. The highest BCUT2D eigenvalue weighted by Crippen LogP contribution is 2.19. The normalized spacial score (nSPS) is 10.7. The Morgan fingerprint density at radius 2 is 1.81 bits per heavy atom. The molecule has 0 saturated heterocycles. The Morgan fingerprint density at radius 1 is 1.12 bits per heavy atom. The standard InChI is InChI=1S/C18H15N3O5/c1-21-15(19)14(16(23)20-18(21)25)13(22)9-26-17(24)12-8-4-6-10-5-2-3-7-11(10)12/h2-8H,9,19H2,1H3,(H,20,23,25). The van der Waals surface area contributed by atoms with Crippen LogP contribution in [0.3, 0.4) is 0 Å². The number of nitrogen functional groups attached to an aromatic ring is 1. The van der Waals surface area contributed by atoms with Crippen LogP contribution in [-0.2, 0) is 11.8 Å². The van der Waals surface area contributed by atoms with Crippen molar-refractivity contribution in [2.24, 2.45) is 7.05 Å². The van der Waals surface area contributed by atoms with Gasteiger partial charge >= 0.3 is 11.7 Å². The van der Waals surface area contributed by atoms with Gasteiger partial charge in [0.2, 0.25) is 5.78 Å². The zero-order chi connectivity index (χ0) is 18.8. The van der Waals surface area contributed by atoms with Crippen LogP contribution in [0.25, 0.3) is 10.8 Å². The minimum absolute atomic E-state index is 0.287. The first kappa shape index (κ1) is 17.2. The molecule has 132 valence electrons. The predicted molar refractivity (Wildman–Crippen MR) is 95.3 cm³/mol. The average Bonchev–Trinajstić information content (AvgIpc) is 2.63. The summed E-state index contributed by atoms with van der Waals surface area (Å²) in [5, 5.41) is 1.54. The molecule has 0 amide bonds. The van der Waals surface area contributed by atoms with Crippen molar-refractivity contribution in [3.63, 3.8) is 0 Å². The van der Waals surface area contributed by atoms with Gasteiger partial charge in [0, 0.05) is 7.05 Å². The highest BCUT2D eigenvalue weighted by molar-refractivity contribution is 6.06. The summed E-state index contributed by atoms with van der Waals surface area (Å²) in [6, 6.07) is 12.4. The quantitative estimate of drug-likeness (QED) is 0.529. The van der Waals surface area contributed by atoms with Gasteiger partial charge in [-0.3, -0.25) is 19.1 Å². The molecule has 3 rings (SSSR count). The molecular formula is C18H15N3O5. The second-order valence-electron chi connectivity index (χ2n) is 5.60. The predicted octanol–water partition coefficient (Wildman–Crippen LogP) is 0.849. The van der Waals surface area contributed by atoms with E-state index in [0.717, 1.165) is 9.95 Å². The number of nitrogens with one attached hydrogen (secondary N) is 1. The third kappa shape index (κ3) is 3.00. The Balaban J connectivity index is 1.84. The zero-order valence-corrected chi connectivity index (χ0v) is 13.8. The molecule has 1 heterocycles. The topological polar surface area (TPSA) is 124 Å². The van der Waals surface area contributed by atoms with Crippen molar-refractivity contribution in [3.8, 4) is 0 Å². The number of benzene rings is 2. The van der Waals surface area contributed by atoms with Crippen molar-refractivity contribution >= 4 is 28.3 Å². The number of aromatic nitrogens is 2. The molecule has 3 N–H and O–H groups in total. The van der Waals surface area contributed by atoms with E-state index in [2.05, 4.69) is 0 Å². The molecule has 0 bridgehead atoms. The number of carbonyl (C=O) groups excluding carboxylic acids is 2. The van der Waals surface area contributed by atoms with Crippen LogP contribution in [0.2, 0.25) is 0 Å². The van der Waals surface area contributed by atoms with Crippen molar-refractivity contribution in [3.05, 3.63) is 74.4 Å². The number of hydrogen-bond acceptors (Lipinski definition) is 6. The molecule has 0 aliphatic rings. The summed E-state index contributed by atoms with van der Waals surface area (Å²) in [6.45, 7) is -0.673. The van der Waals surface area contributed by atoms with Gasteiger partial charge < -0.3 is 10.5 Å². The van der Waals surface area contributed by atoms with E-state index in [1.807, 2.05) is 23.2 Å². The lowest BCUT2D eigenvalue weighted by Crippen LogP contribution is -2.35. The van der Waals surface area contributed by atoms with Gasteiger partial charge in [-0.05, 0) is 16.8 Å². The Bertz CT molecular complexity index is 1140. The molecule has 26 heavy (non-hydrogen) atoms. The van der Waals surface area contributed by atoms with Crippen LogP contribution in [0.1, 0.15) is 20.7 Å². The maximum Gasteiger partial charge on any atom is 0.339 e. The monoisotopic (exact) mass is 353 g/mol. The largest absolute Gasteiger partial charge is 0.454 e. The number of nitrogens with two attached hydrogens (primary N) is 1. The second kappa shape index (κ2) is 6.67. The molecule has 0 unspecified atom stereocenters. The highest BCUT2D eigenvalue weighted by atomic mass is 16.5. The van der Waals surface area contributed by atoms with Crippen LogP contribution in [0.5, 0.6) is 0 Å². The first-order valence-electron chi connectivity index (χ1n) is 7.67. The SMILES string of the molecule is Cn1c(N)c(C(=O)COC(=O)c2cccc3ccccc23)c(=O)[nH]c1=O. The molecule has 0 atom stereocenters. The Morgan fingerprint density at radius 3 is 2.58 bits per heavy atom. The summed E-state index contributed by atoms with van der Waals surface area (Å²) in [5.74, 6) is -1.78. The molecule has 0 aliphatic heterocycles. The van der Waals surface area contributed by atoms with Crippen molar-refractivity contribution in [1.82, 2.24) is 9.55 Å². The lowest BCUT2D eigenvalue weighted by atomic mass is 10.0. The molecule has 0 radical (unpaired) electrons. The molecule has 8 heteroatoms. The Labute approximate surface area is 146 Å². The van der Waals surface area contributed by atoms with E-state index in [1.54, 1.807) is 24.3 Å². The minimum atomic E-state index is -0.920. The van der Waals surface area contributed by atoms with Gasteiger partial charge in [0.15, 0.2) is 6.61 Å². The summed E-state index contributed by atoms with van der Waals surface area (Å²) in [4.78, 5) is 49.9. The van der Waals surface area contributed by atoms with E-state index >= 15 is 0 Å². The summed E-state index contributed by atoms with van der Waals surface area (Å²) in [6.07, 6.45) is 0. The molecule has 0 saturated carbocycles. The Kier molecular flexibility index (Phi) is 4.40. The number of ether oxygens (including phenoxy) is 1. The van der Waals surface area contributed by atoms with Gasteiger partial charge in [-0.1, -0.05) is 36.4 Å². The Hall–Kier alpha value is -3.68. The van der Waals surface area contributed by atoms with Crippen molar-refractivity contribution < 1.29 is 14.3 Å². The lowest BCUT2D eigenvalue weighted by molar-refractivity contribution is 0.0476. The molecule has 0 fully saturated rings. The third-order valence-corrected chi connectivity index (χ3v) is 3.99. The molecule has 0 spiro atoms. The summed E-state index contributed by atoms with van der Waals surface area (Å²) in [7, 11) is 1.31. The maximum atomic E-state index is 12.3. The van der Waals surface area contributed by atoms with Gasteiger partial charge in [0.25, 0.3) is 5.56 Å². The molecule has 3 aromatic rings. The number of aromatic amines is 1. The smallest absolute Gasteiger partial charge is 0.339 e. The summed E-state index contributed by atoms with van der Waals surface area (Å²) >= 11 is 0. The van der Waals surface area contributed by atoms with Gasteiger partial charge in [0.05, 0.1) is 5.56 Å². The fraction of sp³-hybridized carbons (Fsp3) is 0.111. The van der Waals surface area contributed by atoms with Crippen LogP contribution in [0.15, 0.2) is 52.1 Å². The van der Waals surface area contributed by atoms with E-state index in [1.165, 1.54) is 7.05 Å². The minimum Gasteiger partial charge on any atom is -0.454 e. The van der Waals surface area contributed by atoms with Gasteiger partial charge in [0.1, 0.15) is 11.4 Å². The maximum absolute atomic E-state index is 12.3. The van der Waals surface area contributed by atoms with Gasteiger partial charge in [-0.25, -0.2) is 9.59 Å². The number of anilines is 1. The van der Waals surface area contributed by atoms with Crippen LogP contribution in [0.4, 0.5) is 5.82 Å². The zero-order valence-electron chi connectivity index (χ0n) is 13.8. The van der Waals surface area contributed by atoms with Crippen molar-refractivity contribution in [1.29, 1.82) is 0 Å². The van der Waals surface area contributed by atoms with E-state index in [0.29, 0.717) is 10.9 Å². The number of carbonyl (C=O) groups is 2. The lowest BCUT2D eigenvalue weighted by Gasteiger charge is -2.09. The van der Waals surface area contributed by atoms with E-state index < -0.39 is 35.2 Å². The third-order valence-electron chi connectivity index (χ3n) is 3.99. The molecule has 1 aromatic heterocycles. The van der Waals surface area contributed by atoms with E-state index in [9.17, 15) is 19.2 Å². The number of esters is 1. The number of Topliss-reactive ketones (excluding diaryl/α,β-unsaturated/α-hetero) is 1. The summed E-state index contributed by atoms with van der Waals surface area (Å²) in [5.41, 5.74) is 3.89. The van der Waals surface area contributed by atoms with Crippen LogP contribution < -0.4 is 17.0 Å². The fourth-order valence-corrected chi connectivity index (χ4v) is 2.59. The van der Waals surface area contributed by atoms with E-state index in [4.69, 9.17) is 10.5 Å². The number of nitrogens with zero attached hydrogens (tertiary/aromatic N) is 1. The highest BCUT2D eigenvalue weighted by Gasteiger charge is 2.20. The van der Waals surface area contributed by atoms with Crippen molar-refractivity contribution in [2.45, 2.75) is 0 Å². The number of hydrogen-bond donors (Lipinski definition) is 2. The van der Waals surface area contributed by atoms with Crippen molar-refractivity contribution in [2.75, 3.05) is 12.3 Å². The van der Waals surface area contributed by atoms with Gasteiger partial charge in [-0.15, -0.1) is 0 Å². The first-order valence-corrected chi connectivity index (χ1v) is 7.67. The summed E-state index contributed by atoms with van der Waals surface area (Å²) < 4.78 is 5.98. The number of H-pyrrole nitrogens is 1. The molecular weight excluding hydrogens is 338 g/mol.